The summed E-state index contributed by atoms with van der Waals surface area (Å²) in [7, 11) is 0. The lowest BCUT2D eigenvalue weighted by atomic mass is 10.2. The van der Waals surface area contributed by atoms with Gasteiger partial charge in [0.05, 0.1) is 11.9 Å². The van der Waals surface area contributed by atoms with Crippen LogP contribution in [0.1, 0.15) is 23.8 Å². The van der Waals surface area contributed by atoms with Crippen LogP contribution in [0.15, 0.2) is 18.3 Å². The Balaban J connectivity index is 2.71. The van der Waals surface area contributed by atoms with Gasteiger partial charge >= 0.3 is 5.97 Å². The molecule has 1 heterocycles. The number of aromatic nitrogens is 1. The fraction of sp³-hybridized carbons (Fsp3) is 0.300. The van der Waals surface area contributed by atoms with E-state index in [-0.39, 0.29) is 5.69 Å². The number of carbonyl (C=O) groups excluding carboxylic acids is 1. The second kappa shape index (κ2) is 5.11. The number of pyridine rings is 1. The number of aliphatic carboxylic acids is 1. The molecular formula is C10H13N3O3. The van der Waals surface area contributed by atoms with E-state index in [1.807, 2.05) is 0 Å². The van der Waals surface area contributed by atoms with Crippen molar-refractivity contribution in [3.8, 4) is 0 Å². The zero-order chi connectivity index (χ0) is 12.1. The van der Waals surface area contributed by atoms with Gasteiger partial charge in [0.2, 0.25) is 0 Å². The van der Waals surface area contributed by atoms with E-state index in [4.69, 9.17) is 10.8 Å². The van der Waals surface area contributed by atoms with E-state index in [2.05, 4.69) is 10.3 Å². The van der Waals surface area contributed by atoms with Gasteiger partial charge in [0.1, 0.15) is 11.7 Å². The van der Waals surface area contributed by atoms with Crippen LogP contribution in [0.2, 0.25) is 0 Å². The molecule has 0 saturated heterocycles. The third kappa shape index (κ3) is 2.94. The minimum atomic E-state index is -1.06. The van der Waals surface area contributed by atoms with Gasteiger partial charge in [-0.15, -0.1) is 0 Å². The van der Waals surface area contributed by atoms with Gasteiger partial charge in [-0.3, -0.25) is 4.79 Å². The van der Waals surface area contributed by atoms with E-state index in [9.17, 15) is 9.59 Å². The topological polar surface area (TPSA) is 105 Å². The highest BCUT2D eigenvalue weighted by Gasteiger charge is 2.18. The number of carboxylic acids is 1. The largest absolute Gasteiger partial charge is 0.480 e. The van der Waals surface area contributed by atoms with Crippen molar-refractivity contribution in [1.29, 1.82) is 0 Å². The van der Waals surface area contributed by atoms with Crippen molar-refractivity contribution in [2.24, 2.45) is 0 Å². The smallest absolute Gasteiger partial charge is 0.326 e. The molecule has 0 spiro atoms. The number of carbonyl (C=O) groups is 2. The first kappa shape index (κ1) is 12.0. The first-order valence-corrected chi connectivity index (χ1v) is 4.79. The summed E-state index contributed by atoms with van der Waals surface area (Å²) in [5.74, 6) is -1.58. The Morgan fingerprint density at radius 3 is 2.69 bits per heavy atom. The Labute approximate surface area is 92.5 Å². The average Bonchev–Trinajstić information content (AvgIpc) is 2.26. The van der Waals surface area contributed by atoms with Crippen molar-refractivity contribution < 1.29 is 14.7 Å². The molecule has 0 aliphatic rings. The molecule has 0 radical (unpaired) electrons. The molecule has 1 amide bonds. The van der Waals surface area contributed by atoms with Crippen molar-refractivity contribution in [3.63, 3.8) is 0 Å². The minimum absolute atomic E-state index is 0.147. The lowest BCUT2D eigenvalue weighted by molar-refractivity contribution is -0.139. The van der Waals surface area contributed by atoms with E-state index < -0.39 is 17.9 Å². The number of anilines is 1. The fourth-order valence-corrected chi connectivity index (χ4v) is 1.11. The van der Waals surface area contributed by atoms with Gasteiger partial charge < -0.3 is 16.2 Å². The van der Waals surface area contributed by atoms with Gasteiger partial charge in [-0.2, -0.15) is 0 Å². The quantitative estimate of drug-likeness (QED) is 0.678. The number of nitrogens with zero attached hydrogens (tertiary/aromatic N) is 1. The van der Waals surface area contributed by atoms with E-state index in [1.54, 1.807) is 6.92 Å². The first-order chi connectivity index (χ1) is 7.54. The van der Waals surface area contributed by atoms with E-state index in [0.717, 1.165) is 0 Å². The standard InChI is InChI=1S/C10H13N3O3/c1-2-7(10(15)16)13-9(14)8-4-3-6(11)5-12-8/h3-5,7H,2,11H2,1H3,(H,13,14)(H,15,16)/t7-/m0/s1. The summed E-state index contributed by atoms with van der Waals surface area (Å²) in [6.45, 7) is 1.68. The second-order valence-corrected chi connectivity index (χ2v) is 3.25. The van der Waals surface area contributed by atoms with E-state index in [0.29, 0.717) is 12.1 Å². The fourth-order valence-electron chi connectivity index (χ4n) is 1.11. The number of amides is 1. The SMILES string of the molecule is CC[C@H](NC(=O)c1ccc(N)cn1)C(=O)O. The molecule has 0 aliphatic heterocycles. The zero-order valence-electron chi connectivity index (χ0n) is 8.80. The van der Waals surface area contributed by atoms with Gasteiger partial charge in [-0.25, -0.2) is 9.78 Å². The Hall–Kier alpha value is -2.11. The summed E-state index contributed by atoms with van der Waals surface area (Å²) >= 11 is 0. The summed E-state index contributed by atoms with van der Waals surface area (Å²) in [6.07, 6.45) is 1.66. The van der Waals surface area contributed by atoms with Gasteiger partial charge in [0, 0.05) is 0 Å². The van der Waals surface area contributed by atoms with Crippen molar-refractivity contribution in [2.45, 2.75) is 19.4 Å². The van der Waals surface area contributed by atoms with Gasteiger partial charge in [-0.05, 0) is 18.6 Å². The molecule has 0 bridgehead atoms. The summed E-state index contributed by atoms with van der Waals surface area (Å²) in [5, 5.41) is 11.1. The number of nitrogen functional groups attached to an aromatic ring is 1. The highest BCUT2D eigenvalue weighted by Crippen LogP contribution is 2.02. The maximum Gasteiger partial charge on any atom is 0.326 e. The molecular weight excluding hydrogens is 210 g/mol. The van der Waals surface area contributed by atoms with Gasteiger partial charge in [0.15, 0.2) is 0 Å². The third-order valence-corrected chi connectivity index (χ3v) is 2.03. The summed E-state index contributed by atoms with van der Waals surface area (Å²) in [5.41, 5.74) is 6.01. The van der Waals surface area contributed by atoms with Gasteiger partial charge in [-0.1, -0.05) is 6.92 Å². The second-order valence-electron chi connectivity index (χ2n) is 3.25. The molecule has 4 N–H and O–H groups in total. The molecule has 1 atom stereocenters. The Bertz CT molecular complexity index is 389. The predicted octanol–water partition coefficient (Wildman–Crippen LogP) is 0.257. The molecule has 16 heavy (non-hydrogen) atoms. The molecule has 86 valence electrons. The third-order valence-electron chi connectivity index (χ3n) is 2.03. The molecule has 0 fully saturated rings. The van der Waals surface area contributed by atoms with Crippen molar-refractivity contribution in [1.82, 2.24) is 10.3 Å². The van der Waals surface area contributed by atoms with Crippen molar-refractivity contribution in [3.05, 3.63) is 24.0 Å². The maximum absolute atomic E-state index is 11.6. The first-order valence-electron chi connectivity index (χ1n) is 4.79. The number of carboxylic acid groups (broad SMARTS) is 1. The molecule has 6 nitrogen and oxygen atoms in total. The van der Waals surface area contributed by atoms with Crippen molar-refractivity contribution >= 4 is 17.6 Å². The van der Waals surface area contributed by atoms with Crippen LogP contribution in [-0.4, -0.2) is 28.0 Å². The van der Waals surface area contributed by atoms with Gasteiger partial charge in [0.25, 0.3) is 5.91 Å². The number of nitrogens with one attached hydrogen (secondary N) is 1. The van der Waals surface area contributed by atoms with E-state index in [1.165, 1.54) is 18.3 Å². The number of rotatable bonds is 4. The Morgan fingerprint density at radius 2 is 2.25 bits per heavy atom. The normalized spacial score (nSPS) is 11.8. The van der Waals surface area contributed by atoms with Crippen molar-refractivity contribution in [2.75, 3.05) is 5.73 Å². The molecule has 1 rings (SSSR count). The number of hydrogen-bond donors (Lipinski definition) is 3. The van der Waals surface area contributed by atoms with Crippen LogP contribution < -0.4 is 11.1 Å². The van der Waals surface area contributed by atoms with Crippen LogP contribution >= 0.6 is 0 Å². The van der Waals surface area contributed by atoms with E-state index >= 15 is 0 Å². The zero-order valence-corrected chi connectivity index (χ0v) is 8.80. The Kier molecular flexibility index (Phi) is 3.82. The monoisotopic (exact) mass is 223 g/mol. The Morgan fingerprint density at radius 1 is 1.56 bits per heavy atom. The van der Waals surface area contributed by atoms with Crippen LogP contribution in [0.5, 0.6) is 0 Å². The molecule has 1 aromatic heterocycles. The highest BCUT2D eigenvalue weighted by molar-refractivity contribution is 5.95. The van der Waals surface area contributed by atoms with Crippen LogP contribution in [0.4, 0.5) is 5.69 Å². The van der Waals surface area contributed by atoms with Crippen LogP contribution in [0.25, 0.3) is 0 Å². The summed E-state index contributed by atoms with van der Waals surface area (Å²) < 4.78 is 0. The van der Waals surface area contributed by atoms with Crippen LogP contribution in [-0.2, 0) is 4.79 Å². The number of hydrogen-bond acceptors (Lipinski definition) is 4. The number of nitrogens with two attached hydrogens (primary N) is 1. The lowest BCUT2D eigenvalue weighted by Gasteiger charge is -2.11. The summed E-state index contributed by atoms with van der Waals surface area (Å²) in [4.78, 5) is 26.0. The molecule has 1 aromatic rings. The van der Waals surface area contributed by atoms with Crippen LogP contribution in [0.3, 0.4) is 0 Å². The summed E-state index contributed by atoms with van der Waals surface area (Å²) in [6, 6.07) is 2.08. The molecule has 0 aromatic carbocycles. The lowest BCUT2D eigenvalue weighted by Crippen LogP contribution is -2.40. The maximum atomic E-state index is 11.6. The molecule has 0 aliphatic carbocycles. The average molecular weight is 223 g/mol. The highest BCUT2D eigenvalue weighted by atomic mass is 16.4. The van der Waals surface area contributed by atoms with Crippen LogP contribution in [0, 0.1) is 0 Å². The molecule has 0 unspecified atom stereocenters. The predicted molar refractivity (Wildman–Crippen MR) is 57.8 cm³/mol. The molecule has 0 saturated carbocycles. The molecule has 6 heteroatoms. The minimum Gasteiger partial charge on any atom is -0.480 e.